The van der Waals surface area contributed by atoms with Crippen LogP contribution in [0, 0.1) is 0 Å². The monoisotopic (exact) mass is 341 g/mol. The number of ether oxygens (including phenoxy) is 1. The molecule has 0 spiro atoms. The molecule has 0 atom stereocenters. The number of aliphatic imine (C=N–C) groups is 1. The number of guanidine groups is 1. The van der Waals surface area contributed by atoms with E-state index in [1.807, 2.05) is 6.07 Å². The number of hydrogen-bond donors (Lipinski definition) is 4. The molecule has 25 heavy (non-hydrogen) atoms. The van der Waals surface area contributed by atoms with E-state index in [0.717, 1.165) is 5.39 Å². The van der Waals surface area contributed by atoms with Crippen molar-refractivity contribution in [2.45, 2.75) is 0 Å². The van der Waals surface area contributed by atoms with Crippen LogP contribution >= 0.6 is 0 Å². The minimum atomic E-state index is -0.830. The zero-order valence-corrected chi connectivity index (χ0v) is 13.2. The van der Waals surface area contributed by atoms with Crippen LogP contribution in [0.3, 0.4) is 0 Å². The number of nitrogens with two attached hydrogens (primary N) is 4. The van der Waals surface area contributed by atoms with Gasteiger partial charge in [0, 0.05) is 11.5 Å². The first-order chi connectivity index (χ1) is 11.9. The van der Waals surface area contributed by atoms with Crippen LogP contribution in [0.4, 0.5) is 11.6 Å². The summed E-state index contributed by atoms with van der Waals surface area (Å²) < 4.78 is 10.9. The lowest BCUT2D eigenvalue weighted by Crippen LogP contribution is -2.25. The van der Waals surface area contributed by atoms with Gasteiger partial charge in [0.2, 0.25) is 0 Å². The van der Waals surface area contributed by atoms with Crippen LogP contribution in [0.15, 0.2) is 33.7 Å². The summed E-state index contributed by atoms with van der Waals surface area (Å²) in [6.45, 7) is 0. The zero-order valence-electron chi connectivity index (χ0n) is 13.2. The molecule has 8 N–H and O–H groups in total. The number of carbonyl (C=O) groups is 1. The number of fused-ring (bicyclic) bond motifs is 1. The fourth-order valence-electron chi connectivity index (χ4n) is 2.23. The van der Waals surface area contributed by atoms with Crippen LogP contribution in [0.25, 0.3) is 22.4 Å². The van der Waals surface area contributed by atoms with E-state index in [-0.39, 0.29) is 23.0 Å². The van der Waals surface area contributed by atoms with Crippen LogP contribution in [0.2, 0.25) is 0 Å². The third-order valence-electron chi connectivity index (χ3n) is 3.34. The van der Waals surface area contributed by atoms with Gasteiger partial charge in [-0.05, 0) is 18.2 Å². The van der Waals surface area contributed by atoms with E-state index in [4.69, 9.17) is 32.1 Å². The quantitative estimate of drug-likeness (QED) is 0.388. The van der Waals surface area contributed by atoms with E-state index < -0.39 is 11.9 Å². The fraction of sp³-hybridized carbons (Fsp3) is 0.0667. The fourth-order valence-corrected chi connectivity index (χ4v) is 2.23. The van der Waals surface area contributed by atoms with Crippen LogP contribution in [-0.2, 0) is 0 Å². The topological polar surface area (TPSA) is 182 Å². The predicted molar refractivity (Wildman–Crippen MR) is 92.8 cm³/mol. The first-order valence-corrected chi connectivity index (χ1v) is 7.04. The summed E-state index contributed by atoms with van der Waals surface area (Å²) in [6, 6.07) is 7.02. The number of furan rings is 1. The lowest BCUT2D eigenvalue weighted by Gasteiger charge is -2.05. The number of benzene rings is 1. The summed E-state index contributed by atoms with van der Waals surface area (Å²) in [6.07, 6.45) is 0. The van der Waals surface area contributed by atoms with Crippen molar-refractivity contribution < 1.29 is 13.9 Å². The molecule has 1 aromatic carbocycles. The molecule has 10 nitrogen and oxygen atoms in total. The lowest BCUT2D eigenvalue weighted by atomic mass is 10.2. The molecular formula is C15H15N7O3. The molecule has 3 aromatic rings. The summed E-state index contributed by atoms with van der Waals surface area (Å²) in [5, 5.41) is 0.797. The molecule has 3 rings (SSSR count). The van der Waals surface area contributed by atoms with Crippen LogP contribution in [0.1, 0.15) is 10.5 Å². The normalized spacial score (nSPS) is 10.6. The number of nitrogens with zero attached hydrogens (tertiary/aromatic N) is 3. The first-order valence-electron chi connectivity index (χ1n) is 7.04. The van der Waals surface area contributed by atoms with E-state index in [1.54, 1.807) is 25.3 Å². The minimum Gasteiger partial charge on any atom is -0.497 e. The highest BCUT2D eigenvalue weighted by Gasteiger charge is 2.20. The van der Waals surface area contributed by atoms with Gasteiger partial charge in [-0.1, -0.05) is 0 Å². The number of anilines is 2. The third-order valence-corrected chi connectivity index (χ3v) is 3.34. The molecule has 2 aromatic heterocycles. The average Bonchev–Trinajstić information content (AvgIpc) is 2.96. The maximum atomic E-state index is 12.0. The number of rotatable bonds is 3. The second-order valence-corrected chi connectivity index (χ2v) is 5.05. The molecule has 0 aliphatic carbocycles. The summed E-state index contributed by atoms with van der Waals surface area (Å²) in [7, 11) is 1.55. The smallest absolute Gasteiger partial charge is 0.302 e. The second kappa shape index (κ2) is 6.00. The Morgan fingerprint density at radius 1 is 1.16 bits per heavy atom. The van der Waals surface area contributed by atoms with Crippen molar-refractivity contribution in [3.63, 3.8) is 0 Å². The van der Waals surface area contributed by atoms with Crippen molar-refractivity contribution in [1.82, 2.24) is 9.97 Å². The molecular weight excluding hydrogens is 326 g/mol. The van der Waals surface area contributed by atoms with Crippen molar-refractivity contribution in [2.24, 2.45) is 16.5 Å². The molecule has 10 heteroatoms. The molecule has 0 bridgehead atoms. The first kappa shape index (κ1) is 16.1. The second-order valence-electron chi connectivity index (χ2n) is 5.05. The summed E-state index contributed by atoms with van der Waals surface area (Å²) in [5.74, 6) is -0.483. The van der Waals surface area contributed by atoms with Gasteiger partial charge in [0.15, 0.2) is 29.0 Å². The molecule has 0 fully saturated rings. The van der Waals surface area contributed by atoms with Gasteiger partial charge in [-0.25, -0.2) is 9.97 Å². The SMILES string of the molecule is COc1ccc2cc(-c3nc(C(=O)N=C(N)N)c(N)nc3N)oc2c1. The number of aromatic nitrogens is 2. The standard InChI is InChI=1S/C15H15N7O3/c1-24-7-3-2-6-4-9(25-8(6)5-7)10-12(16)21-13(17)11(20-10)14(23)22-15(18)19/h2-5H,1H3,(H4,16,17,21)(H4,18,19,22,23). The molecule has 0 aliphatic heterocycles. The zero-order chi connectivity index (χ0) is 18.1. The molecule has 1 amide bonds. The van der Waals surface area contributed by atoms with Crippen molar-refractivity contribution in [3.8, 4) is 17.2 Å². The van der Waals surface area contributed by atoms with Gasteiger partial charge in [0.05, 0.1) is 7.11 Å². The van der Waals surface area contributed by atoms with Crippen LogP contribution in [-0.4, -0.2) is 28.9 Å². The third kappa shape index (κ3) is 3.00. The minimum absolute atomic E-state index is 0.00442. The Hall–Kier alpha value is -3.82. The van der Waals surface area contributed by atoms with Crippen molar-refractivity contribution in [3.05, 3.63) is 30.0 Å². The van der Waals surface area contributed by atoms with Crippen molar-refractivity contribution >= 4 is 34.5 Å². The van der Waals surface area contributed by atoms with E-state index in [1.165, 1.54) is 0 Å². The van der Waals surface area contributed by atoms with Gasteiger partial charge in [-0.2, -0.15) is 4.99 Å². The van der Waals surface area contributed by atoms with Gasteiger partial charge < -0.3 is 32.1 Å². The maximum Gasteiger partial charge on any atom is 0.302 e. The molecule has 128 valence electrons. The Bertz CT molecular complexity index is 1010. The summed E-state index contributed by atoms with van der Waals surface area (Å²) in [4.78, 5) is 23.5. The Morgan fingerprint density at radius 2 is 1.92 bits per heavy atom. The highest BCUT2D eigenvalue weighted by Crippen LogP contribution is 2.32. The number of amides is 1. The van der Waals surface area contributed by atoms with E-state index in [9.17, 15) is 4.79 Å². The van der Waals surface area contributed by atoms with Crippen LogP contribution in [0.5, 0.6) is 5.75 Å². The molecule has 2 heterocycles. The number of nitrogen functional groups attached to an aromatic ring is 2. The Kier molecular flexibility index (Phi) is 3.85. The Balaban J connectivity index is 2.13. The van der Waals surface area contributed by atoms with Crippen molar-refractivity contribution in [1.29, 1.82) is 0 Å². The molecule has 0 radical (unpaired) electrons. The van der Waals surface area contributed by atoms with Gasteiger partial charge in [0.25, 0.3) is 0 Å². The molecule has 0 saturated carbocycles. The van der Waals surface area contributed by atoms with Gasteiger partial charge in [-0.3, -0.25) is 4.79 Å². The number of carbonyl (C=O) groups excluding carboxylic acids is 1. The average molecular weight is 341 g/mol. The maximum absolute atomic E-state index is 12.0. The number of methoxy groups -OCH3 is 1. The largest absolute Gasteiger partial charge is 0.497 e. The highest BCUT2D eigenvalue weighted by atomic mass is 16.5. The molecule has 0 saturated heterocycles. The number of hydrogen-bond acceptors (Lipinski definition) is 7. The van der Waals surface area contributed by atoms with Crippen molar-refractivity contribution in [2.75, 3.05) is 18.6 Å². The van der Waals surface area contributed by atoms with Gasteiger partial charge >= 0.3 is 5.91 Å². The Labute approximate surface area is 141 Å². The predicted octanol–water partition coefficient (Wildman–Crippen LogP) is 0.476. The van der Waals surface area contributed by atoms with E-state index in [2.05, 4.69) is 15.0 Å². The highest BCUT2D eigenvalue weighted by molar-refractivity contribution is 6.03. The Morgan fingerprint density at radius 3 is 2.60 bits per heavy atom. The van der Waals surface area contributed by atoms with Gasteiger partial charge in [-0.15, -0.1) is 0 Å². The van der Waals surface area contributed by atoms with Crippen LogP contribution < -0.4 is 27.7 Å². The summed E-state index contributed by atoms with van der Waals surface area (Å²) in [5.41, 5.74) is 22.4. The van der Waals surface area contributed by atoms with E-state index >= 15 is 0 Å². The lowest BCUT2D eigenvalue weighted by molar-refractivity contribution is 0.0999. The summed E-state index contributed by atoms with van der Waals surface area (Å²) >= 11 is 0. The van der Waals surface area contributed by atoms with Gasteiger partial charge in [0.1, 0.15) is 17.0 Å². The van der Waals surface area contributed by atoms with E-state index in [0.29, 0.717) is 17.1 Å². The molecule has 0 aliphatic rings. The molecule has 0 unspecified atom stereocenters.